The van der Waals surface area contributed by atoms with Crippen molar-refractivity contribution in [2.75, 3.05) is 13.1 Å². The van der Waals surface area contributed by atoms with Crippen LogP contribution in [-0.2, 0) is 15.8 Å². The Morgan fingerprint density at radius 1 is 1.04 bits per heavy atom. The first-order chi connectivity index (χ1) is 13.0. The molecule has 0 spiro atoms. The maximum atomic E-state index is 13.9. The minimum absolute atomic E-state index is 0.0980. The van der Waals surface area contributed by atoms with Crippen LogP contribution in [-0.4, -0.2) is 36.0 Å². The van der Waals surface area contributed by atoms with Gasteiger partial charge in [0.25, 0.3) is 0 Å². The second-order valence-corrected chi connectivity index (χ2v) is 8.55. The monoisotopic (exact) mass is 387 g/mol. The molecular weight excluding hydrogens is 369 g/mol. The van der Waals surface area contributed by atoms with Gasteiger partial charge in [0.15, 0.2) is 5.82 Å². The highest BCUT2D eigenvalue weighted by Crippen LogP contribution is 2.39. The molecule has 1 fully saturated rings. The lowest BCUT2D eigenvalue weighted by Crippen LogP contribution is -2.30. The molecule has 2 aromatic carbocycles. The third-order valence-electron chi connectivity index (χ3n) is 4.91. The molecule has 0 radical (unpaired) electrons. The highest BCUT2D eigenvalue weighted by atomic mass is 32.2. The number of hydrogen-bond acceptors (Lipinski definition) is 5. The van der Waals surface area contributed by atoms with E-state index < -0.39 is 15.8 Å². The first kappa shape index (κ1) is 17.8. The van der Waals surface area contributed by atoms with Crippen molar-refractivity contribution in [3.63, 3.8) is 0 Å². The number of rotatable bonds is 5. The van der Waals surface area contributed by atoms with E-state index in [2.05, 4.69) is 10.1 Å². The van der Waals surface area contributed by atoms with Crippen molar-refractivity contribution in [3.05, 3.63) is 83.8 Å². The van der Waals surface area contributed by atoms with Crippen molar-refractivity contribution in [2.45, 2.75) is 17.6 Å². The summed E-state index contributed by atoms with van der Waals surface area (Å²) in [6.07, 6.45) is 1.24. The number of halogens is 1. The molecular formula is C19H18FN3O3S. The van der Waals surface area contributed by atoms with Gasteiger partial charge >= 0.3 is 0 Å². The smallest absolute Gasteiger partial charge is 0.218 e. The van der Waals surface area contributed by atoms with Gasteiger partial charge in [-0.1, -0.05) is 53.7 Å². The minimum atomic E-state index is -3.69. The van der Waals surface area contributed by atoms with Gasteiger partial charge in [0, 0.05) is 30.5 Å². The van der Waals surface area contributed by atoms with E-state index in [0.29, 0.717) is 12.4 Å². The summed E-state index contributed by atoms with van der Waals surface area (Å²) in [5.74, 6) is -0.733. The van der Waals surface area contributed by atoms with Gasteiger partial charge in [0.05, 0.1) is 5.75 Å². The molecule has 0 amide bonds. The molecule has 0 unspecified atom stereocenters. The van der Waals surface area contributed by atoms with Crippen molar-refractivity contribution < 1.29 is 17.3 Å². The van der Waals surface area contributed by atoms with Gasteiger partial charge in [0.2, 0.25) is 16.4 Å². The van der Waals surface area contributed by atoms with Gasteiger partial charge in [-0.05, 0) is 11.6 Å². The molecule has 6 nitrogen and oxygen atoms in total. The molecule has 2 atom stereocenters. The SMILES string of the molecule is O=S(=O)(Cc1ccccc1F)N1C[C@H](c2ncon2)[C@H](c2ccccc2)C1. The molecule has 27 heavy (non-hydrogen) atoms. The van der Waals surface area contributed by atoms with E-state index in [0.717, 1.165) is 5.56 Å². The van der Waals surface area contributed by atoms with Gasteiger partial charge < -0.3 is 4.52 Å². The van der Waals surface area contributed by atoms with Crippen LogP contribution >= 0.6 is 0 Å². The third-order valence-corrected chi connectivity index (χ3v) is 6.67. The topological polar surface area (TPSA) is 76.3 Å². The zero-order valence-electron chi connectivity index (χ0n) is 14.4. The van der Waals surface area contributed by atoms with Crippen LogP contribution in [0.4, 0.5) is 4.39 Å². The predicted octanol–water partition coefficient (Wildman–Crippen LogP) is 2.92. The standard InChI is InChI=1S/C19H18FN3O3S/c20-18-9-5-4-8-15(18)12-27(24,25)23-10-16(14-6-2-1-3-7-14)17(11-23)19-21-13-26-22-19/h1-9,13,16-17H,10-12H2/t16-,17-/m0/s1. The molecule has 0 aliphatic carbocycles. The lowest BCUT2D eigenvalue weighted by Gasteiger charge is -2.17. The van der Waals surface area contributed by atoms with Gasteiger partial charge in [-0.25, -0.2) is 17.1 Å². The summed E-state index contributed by atoms with van der Waals surface area (Å²) in [7, 11) is -3.69. The Labute approximate surface area is 156 Å². The third kappa shape index (κ3) is 3.63. The van der Waals surface area contributed by atoms with Gasteiger partial charge in [-0.15, -0.1) is 0 Å². The van der Waals surface area contributed by atoms with E-state index in [4.69, 9.17) is 4.52 Å². The highest BCUT2D eigenvalue weighted by molar-refractivity contribution is 7.88. The van der Waals surface area contributed by atoms with E-state index >= 15 is 0 Å². The summed E-state index contributed by atoms with van der Waals surface area (Å²) in [6, 6.07) is 15.6. The molecule has 0 bridgehead atoms. The summed E-state index contributed by atoms with van der Waals surface area (Å²) in [5.41, 5.74) is 1.17. The van der Waals surface area contributed by atoms with Gasteiger partial charge in [-0.3, -0.25) is 0 Å². The van der Waals surface area contributed by atoms with Crippen molar-refractivity contribution in [1.29, 1.82) is 0 Å². The Bertz CT molecular complexity index is 1010. The summed E-state index contributed by atoms with van der Waals surface area (Å²) >= 11 is 0. The average Bonchev–Trinajstić information content (AvgIpc) is 3.34. The van der Waals surface area contributed by atoms with E-state index in [9.17, 15) is 12.8 Å². The first-order valence-electron chi connectivity index (χ1n) is 8.57. The van der Waals surface area contributed by atoms with Crippen molar-refractivity contribution >= 4 is 10.0 Å². The Hall–Kier alpha value is -2.58. The first-order valence-corrected chi connectivity index (χ1v) is 10.2. The second-order valence-electron chi connectivity index (χ2n) is 6.58. The summed E-state index contributed by atoms with van der Waals surface area (Å²) in [5, 5.41) is 3.92. The predicted molar refractivity (Wildman–Crippen MR) is 96.8 cm³/mol. The van der Waals surface area contributed by atoms with Crippen LogP contribution in [0.15, 0.2) is 65.5 Å². The maximum absolute atomic E-state index is 13.9. The van der Waals surface area contributed by atoms with Crippen LogP contribution in [0, 0.1) is 5.82 Å². The largest absolute Gasteiger partial charge is 0.343 e. The molecule has 2 heterocycles. The van der Waals surface area contributed by atoms with E-state index in [1.54, 1.807) is 12.1 Å². The fraction of sp³-hybridized carbons (Fsp3) is 0.263. The lowest BCUT2D eigenvalue weighted by molar-refractivity contribution is 0.401. The molecule has 1 aromatic heterocycles. The number of aromatic nitrogens is 2. The van der Waals surface area contributed by atoms with Crippen LogP contribution in [0.25, 0.3) is 0 Å². The Balaban J connectivity index is 1.63. The van der Waals surface area contributed by atoms with Crippen LogP contribution < -0.4 is 0 Å². The number of hydrogen-bond donors (Lipinski definition) is 0. The normalized spacial score (nSPS) is 20.8. The van der Waals surface area contributed by atoms with Crippen LogP contribution in [0.5, 0.6) is 0 Å². The van der Waals surface area contributed by atoms with Crippen molar-refractivity contribution in [2.24, 2.45) is 0 Å². The zero-order chi connectivity index (χ0) is 18.9. The molecule has 1 saturated heterocycles. The molecule has 0 saturated carbocycles. The van der Waals surface area contributed by atoms with Gasteiger partial charge in [0.1, 0.15) is 5.82 Å². The summed E-state index contributed by atoms with van der Waals surface area (Å²) in [4.78, 5) is 4.13. The summed E-state index contributed by atoms with van der Waals surface area (Å²) in [6.45, 7) is 0.524. The summed E-state index contributed by atoms with van der Waals surface area (Å²) < 4.78 is 46.1. The molecule has 8 heteroatoms. The van der Waals surface area contributed by atoms with Crippen LogP contribution in [0.1, 0.15) is 28.8 Å². The quantitative estimate of drug-likeness (QED) is 0.673. The zero-order valence-corrected chi connectivity index (χ0v) is 15.2. The molecule has 1 aliphatic heterocycles. The number of sulfonamides is 1. The minimum Gasteiger partial charge on any atom is -0.343 e. The second kappa shape index (κ2) is 7.21. The van der Waals surface area contributed by atoms with Crippen LogP contribution in [0.2, 0.25) is 0 Å². The highest BCUT2D eigenvalue weighted by Gasteiger charge is 2.42. The average molecular weight is 387 g/mol. The fourth-order valence-corrected chi connectivity index (χ4v) is 5.13. The molecule has 3 aromatic rings. The van der Waals surface area contributed by atoms with E-state index in [1.807, 2.05) is 30.3 Å². The fourth-order valence-electron chi connectivity index (χ4n) is 3.54. The van der Waals surface area contributed by atoms with E-state index in [1.165, 1.54) is 22.8 Å². The van der Waals surface area contributed by atoms with Crippen molar-refractivity contribution in [3.8, 4) is 0 Å². The number of nitrogens with zero attached hydrogens (tertiary/aromatic N) is 3. The Morgan fingerprint density at radius 3 is 2.44 bits per heavy atom. The maximum Gasteiger partial charge on any atom is 0.218 e. The lowest BCUT2D eigenvalue weighted by atomic mass is 9.88. The molecule has 0 N–H and O–H groups in total. The molecule has 140 valence electrons. The van der Waals surface area contributed by atoms with Crippen LogP contribution in [0.3, 0.4) is 0 Å². The molecule has 1 aliphatic rings. The van der Waals surface area contributed by atoms with Crippen molar-refractivity contribution in [1.82, 2.24) is 14.4 Å². The number of benzene rings is 2. The Kier molecular flexibility index (Phi) is 4.75. The Morgan fingerprint density at radius 2 is 1.74 bits per heavy atom. The molecule has 4 rings (SSSR count). The van der Waals surface area contributed by atoms with Gasteiger partial charge in [-0.2, -0.15) is 4.98 Å². The van der Waals surface area contributed by atoms with E-state index in [-0.39, 0.29) is 29.7 Å².